The maximum absolute atomic E-state index is 12.2. The van der Waals surface area contributed by atoms with Crippen molar-refractivity contribution in [1.29, 1.82) is 0 Å². The molecule has 1 saturated heterocycles. The minimum atomic E-state index is -0.136. The Morgan fingerprint density at radius 2 is 2.10 bits per heavy atom. The Balaban J connectivity index is 1.73. The molecule has 0 bridgehead atoms. The molecule has 0 saturated carbocycles. The Morgan fingerprint density at radius 3 is 2.80 bits per heavy atom. The summed E-state index contributed by atoms with van der Waals surface area (Å²) in [6, 6.07) is 9.77. The fourth-order valence-corrected chi connectivity index (χ4v) is 2.30. The van der Waals surface area contributed by atoms with E-state index in [-0.39, 0.29) is 17.8 Å². The van der Waals surface area contributed by atoms with Gasteiger partial charge >= 0.3 is 0 Å². The van der Waals surface area contributed by atoms with Crippen molar-refractivity contribution in [1.82, 2.24) is 10.1 Å². The van der Waals surface area contributed by atoms with Crippen LogP contribution in [0.5, 0.6) is 0 Å². The first-order valence-corrected chi connectivity index (χ1v) is 6.62. The highest BCUT2D eigenvalue weighted by Crippen LogP contribution is 2.23. The van der Waals surface area contributed by atoms with Gasteiger partial charge in [-0.05, 0) is 12.5 Å². The van der Waals surface area contributed by atoms with Gasteiger partial charge in [0.25, 0.3) is 5.91 Å². The first-order chi connectivity index (χ1) is 9.74. The third kappa shape index (κ3) is 2.58. The van der Waals surface area contributed by atoms with Crippen LogP contribution in [-0.4, -0.2) is 35.7 Å². The molecule has 1 aliphatic rings. The van der Waals surface area contributed by atoms with Crippen LogP contribution in [0.3, 0.4) is 0 Å². The summed E-state index contributed by atoms with van der Waals surface area (Å²) in [4.78, 5) is 14.0. The van der Waals surface area contributed by atoms with Crippen molar-refractivity contribution in [3.8, 4) is 0 Å². The Morgan fingerprint density at radius 1 is 1.30 bits per heavy atom. The second kappa shape index (κ2) is 5.46. The number of hydrogen-bond acceptors (Lipinski definition) is 4. The van der Waals surface area contributed by atoms with E-state index in [1.54, 1.807) is 11.0 Å². The van der Waals surface area contributed by atoms with Gasteiger partial charge < -0.3 is 14.2 Å². The van der Waals surface area contributed by atoms with Crippen molar-refractivity contribution in [2.75, 3.05) is 19.7 Å². The summed E-state index contributed by atoms with van der Waals surface area (Å²) in [7, 11) is 0. The molecule has 3 rings (SSSR count). The van der Waals surface area contributed by atoms with E-state index < -0.39 is 0 Å². The second-order valence-electron chi connectivity index (χ2n) is 4.90. The molecule has 1 aliphatic heterocycles. The molecule has 0 aliphatic carbocycles. The summed E-state index contributed by atoms with van der Waals surface area (Å²) < 4.78 is 10.7. The van der Waals surface area contributed by atoms with Gasteiger partial charge in [-0.2, -0.15) is 0 Å². The number of hydrogen-bond donors (Lipinski definition) is 0. The molecule has 1 amide bonds. The first-order valence-electron chi connectivity index (χ1n) is 6.62. The van der Waals surface area contributed by atoms with E-state index in [0.717, 1.165) is 5.56 Å². The molecule has 20 heavy (non-hydrogen) atoms. The summed E-state index contributed by atoms with van der Waals surface area (Å²) in [5.74, 6) is 0.137. The molecule has 0 spiro atoms. The van der Waals surface area contributed by atoms with Gasteiger partial charge in [0, 0.05) is 12.6 Å². The number of nitrogens with zero attached hydrogens (tertiary/aromatic N) is 2. The molecule has 2 aromatic rings. The minimum absolute atomic E-state index is 0.0868. The van der Waals surface area contributed by atoms with Gasteiger partial charge in [-0.25, -0.2) is 0 Å². The van der Waals surface area contributed by atoms with Gasteiger partial charge in [0.05, 0.1) is 19.3 Å². The lowest BCUT2D eigenvalue weighted by Gasteiger charge is -2.32. The number of morpholine rings is 1. The fraction of sp³-hybridized carbons (Fsp3) is 0.333. The van der Waals surface area contributed by atoms with E-state index >= 15 is 0 Å². The van der Waals surface area contributed by atoms with E-state index in [2.05, 4.69) is 17.3 Å². The molecule has 1 unspecified atom stereocenters. The standard InChI is InChI=1S/C15H16N2O3/c1-11-2-4-12(5-3-11)14-10-17(8-9-19-14)15(18)13-6-7-16-20-13/h2-7,14H,8-10H2,1H3. The number of aromatic nitrogens is 1. The molecule has 5 nitrogen and oxygen atoms in total. The van der Waals surface area contributed by atoms with Gasteiger partial charge in [-0.1, -0.05) is 35.0 Å². The minimum Gasteiger partial charge on any atom is -0.370 e. The summed E-state index contributed by atoms with van der Waals surface area (Å²) in [5.41, 5.74) is 2.30. The molecule has 1 fully saturated rings. The van der Waals surface area contributed by atoms with Crippen LogP contribution in [0.4, 0.5) is 0 Å². The molecular weight excluding hydrogens is 256 g/mol. The summed E-state index contributed by atoms with van der Waals surface area (Å²) in [5, 5.41) is 3.57. The SMILES string of the molecule is Cc1ccc(C2CN(C(=O)c3ccno3)CCO2)cc1. The predicted molar refractivity (Wildman–Crippen MR) is 72.3 cm³/mol. The molecule has 104 valence electrons. The van der Waals surface area contributed by atoms with Crippen molar-refractivity contribution >= 4 is 5.91 Å². The van der Waals surface area contributed by atoms with E-state index in [9.17, 15) is 4.79 Å². The first kappa shape index (κ1) is 12.9. The molecule has 2 heterocycles. The van der Waals surface area contributed by atoms with Crippen LogP contribution in [-0.2, 0) is 4.74 Å². The van der Waals surface area contributed by atoms with Crippen LogP contribution in [0, 0.1) is 6.92 Å². The number of carbonyl (C=O) groups is 1. The Labute approximate surface area is 117 Å². The van der Waals surface area contributed by atoms with Crippen LogP contribution in [0.1, 0.15) is 27.8 Å². The van der Waals surface area contributed by atoms with Crippen molar-refractivity contribution in [3.05, 3.63) is 53.4 Å². The zero-order valence-electron chi connectivity index (χ0n) is 11.3. The Hall–Kier alpha value is -2.14. The molecule has 1 aromatic heterocycles. The summed E-state index contributed by atoms with van der Waals surface area (Å²) in [6.45, 7) is 3.67. The smallest absolute Gasteiger partial charge is 0.292 e. The lowest BCUT2D eigenvalue weighted by Crippen LogP contribution is -2.42. The quantitative estimate of drug-likeness (QED) is 0.841. The largest absolute Gasteiger partial charge is 0.370 e. The topological polar surface area (TPSA) is 55.6 Å². The maximum atomic E-state index is 12.2. The highest BCUT2D eigenvalue weighted by atomic mass is 16.5. The lowest BCUT2D eigenvalue weighted by atomic mass is 10.1. The van der Waals surface area contributed by atoms with Crippen LogP contribution in [0.25, 0.3) is 0 Å². The van der Waals surface area contributed by atoms with Crippen molar-refractivity contribution in [2.24, 2.45) is 0 Å². The van der Waals surface area contributed by atoms with Crippen LogP contribution < -0.4 is 0 Å². The third-order valence-electron chi connectivity index (χ3n) is 3.45. The zero-order chi connectivity index (χ0) is 13.9. The Bertz CT molecular complexity index is 578. The average Bonchev–Trinajstić information content (AvgIpc) is 3.01. The highest BCUT2D eigenvalue weighted by molar-refractivity contribution is 5.91. The Kier molecular flexibility index (Phi) is 3.52. The van der Waals surface area contributed by atoms with Gasteiger partial charge in [0.15, 0.2) is 0 Å². The molecule has 1 aromatic carbocycles. The monoisotopic (exact) mass is 272 g/mol. The van der Waals surface area contributed by atoms with E-state index in [0.29, 0.717) is 19.7 Å². The van der Waals surface area contributed by atoms with E-state index in [1.165, 1.54) is 11.8 Å². The van der Waals surface area contributed by atoms with Crippen LogP contribution >= 0.6 is 0 Å². The van der Waals surface area contributed by atoms with Crippen molar-refractivity contribution in [2.45, 2.75) is 13.0 Å². The predicted octanol–water partition coefficient (Wildman–Crippen LogP) is 2.20. The maximum Gasteiger partial charge on any atom is 0.292 e. The molecule has 5 heteroatoms. The summed E-state index contributed by atoms with van der Waals surface area (Å²) in [6.07, 6.45) is 1.39. The molecule has 0 radical (unpaired) electrons. The van der Waals surface area contributed by atoms with E-state index in [4.69, 9.17) is 9.26 Å². The normalized spacial score (nSPS) is 19.1. The highest BCUT2D eigenvalue weighted by Gasteiger charge is 2.27. The van der Waals surface area contributed by atoms with Gasteiger partial charge in [0.2, 0.25) is 5.76 Å². The van der Waals surface area contributed by atoms with Crippen molar-refractivity contribution < 1.29 is 14.1 Å². The summed E-state index contributed by atoms with van der Waals surface area (Å²) >= 11 is 0. The van der Waals surface area contributed by atoms with E-state index in [1.807, 2.05) is 19.1 Å². The molecule has 0 N–H and O–H groups in total. The number of aryl methyl sites for hydroxylation is 1. The van der Waals surface area contributed by atoms with Crippen LogP contribution in [0.15, 0.2) is 41.1 Å². The second-order valence-corrected chi connectivity index (χ2v) is 4.90. The number of carbonyl (C=O) groups excluding carboxylic acids is 1. The van der Waals surface area contributed by atoms with Gasteiger partial charge in [0.1, 0.15) is 6.10 Å². The average molecular weight is 272 g/mol. The number of rotatable bonds is 2. The molecular formula is C15H16N2O3. The molecule has 1 atom stereocenters. The number of ether oxygens (including phenoxy) is 1. The van der Waals surface area contributed by atoms with Crippen LogP contribution in [0.2, 0.25) is 0 Å². The lowest BCUT2D eigenvalue weighted by molar-refractivity contribution is -0.0240. The fourth-order valence-electron chi connectivity index (χ4n) is 2.30. The van der Waals surface area contributed by atoms with Crippen molar-refractivity contribution in [3.63, 3.8) is 0 Å². The third-order valence-corrected chi connectivity index (χ3v) is 3.45. The van der Waals surface area contributed by atoms with Gasteiger partial charge in [-0.15, -0.1) is 0 Å². The van der Waals surface area contributed by atoms with Gasteiger partial charge in [-0.3, -0.25) is 4.79 Å². The number of benzene rings is 1. The zero-order valence-corrected chi connectivity index (χ0v) is 11.3. The number of amides is 1.